The number of carbonyl (C=O) groups is 1. The third-order valence-electron chi connectivity index (χ3n) is 5.92. The van der Waals surface area contributed by atoms with E-state index < -0.39 is 22.1 Å². The molecule has 0 bridgehead atoms. The summed E-state index contributed by atoms with van der Waals surface area (Å²) in [5.41, 5.74) is 1.30. The van der Waals surface area contributed by atoms with Crippen molar-refractivity contribution in [2.24, 2.45) is 11.8 Å². The highest BCUT2D eigenvalue weighted by molar-refractivity contribution is 7.86. The third kappa shape index (κ3) is 5.31. The van der Waals surface area contributed by atoms with Gasteiger partial charge in [-0.2, -0.15) is 17.0 Å². The Labute approximate surface area is 168 Å². The summed E-state index contributed by atoms with van der Waals surface area (Å²) >= 11 is 0. The van der Waals surface area contributed by atoms with Crippen molar-refractivity contribution in [2.75, 3.05) is 39.8 Å². The summed E-state index contributed by atoms with van der Waals surface area (Å²) in [6.07, 6.45) is 3.10. The molecule has 7 nitrogen and oxygen atoms in total. The molecular formula is C20H31N3O4S. The van der Waals surface area contributed by atoms with Crippen LogP contribution in [0.25, 0.3) is 0 Å². The fourth-order valence-electron chi connectivity index (χ4n) is 4.18. The predicted molar refractivity (Wildman–Crippen MR) is 108 cm³/mol. The molecule has 0 saturated carbocycles. The van der Waals surface area contributed by atoms with Gasteiger partial charge in [-0.25, -0.2) is 0 Å². The molecule has 3 rings (SSSR count). The molecule has 8 heteroatoms. The number of carboxylic acid groups (broad SMARTS) is 1. The number of likely N-dealkylation sites (tertiary alicyclic amines) is 1. The summed E-state index contributed by atoms with van der Waals surface area (Å²) in [5, 5.41) is 9.21. The highest BCUT2D eigenvalue weighted by Crippen LogP contribution is 2.24. The molecule has 2 fully saturated rings. The first kappa shape index (κ1) is 21.2. The molecule has 28 heavy (non-hydrogen) atoms. The number of nitrogens with zero attached hydrogens (tertiary/aromatic N) is 3. The molecule has 1 aromatic carbocycles. The van der Waals surface area contributed by atoms with E-state index in [1.165, 1.54) is 14.2 Å². The van der Waals surface area contributed by atoms with Crippen molar-refractivity contribution in [2.45, 2.75) is 32.2 Å². The van der Waals surface area contributed by atoms with Crippen LogP contribution in [0.15, 0.2) is 30.3 Å². The summed E-state index contributed by atoms with van der Waals surface area (Å²) in [6, 6.07) is 10.4. The van der Waals surface area contributed by atoms with Gasteiger partial charge in [-0.1, -0.05) is 30.3 Å². The highest BCUT2D eigenvalue weighted by Gasteiger charge is 2.35. The van der Waals surface area contributed by atoms with Gasteiger partial charge in [0.1, 0.15) is 0 Å². The lowest BCUT2D eigenvalue weighted by atomic mass is 9.96. The van der Waals surface area contributed by atoms with E-state index in [2.05, 4.69) is 29.2 Å². The second kappa shape index (κ2) is 9.35. The number of hydrogen-bond donors (Lipinski definition) is 1. The summed E-state index contributed by atoms with van der Waals surface area (Å²) in [7, 11) is -1.98. The summed E-state index contributed by atoms with van der Waals surface area (Å²) in [4.78, 5) is 13.7. The van der Waals surface area contributed by atoms with E-state index >= 15 is 0 Å². The smallest absolute Gasteiger partial charge is 0.307 e. The van der Waals surface area contributed by atoms with Gasteiger partial charge in [0.25, 0.3) is 10.2 Å². The van der Waals surface area contributed by atoms with Crippen LogP contribution in [-0.2, 0) is 21.5 Å². The van der Waals surface area contributed by atoms with Gasteiger partial charge in [0.15, 0.2) is 0 Å². The Bertz CT molecular complexity index is 748. The fourth-order valence-corrected chi connectivity index (χ4v) is 5.70. The van der Waals surface area contributed by atoms with Crippen molar-refractivity contribution < 1.29 is 18.3 Å². The van der Waals surface area contributed by atoms with Gasteiger partial charge in [-0.05, 0) is 50.3 Å². The largest absolute Gasteiger partial charge is 0.481 e. The van der Waals surface area contributed by atoms with E-state index in [4.69, 9.17) is 0 Å². The maximum atomic E-state index is 12.9. The molecule has 2 saturated heterocycles. The Morgan fingerprint density at radius 2 is 1.82 bits per heavy atom. The first-order valence-electron chi connectivity index (χ1n) is 10.1. The lowest BCUT2D eigenvalue weighted by Gasteiger charge is -2.36. The van der Waals surface area contributed by atoms with Crippen molar-refractivity contribution in [1.82, 2.24) is 13.5 Å². The van der Waals surface area contributed by atoms with E-state index in [9.17, 15) is 18.3 Å². The van der Waals surface area contributed by atoms with Crippen LogP contribution < -0.4 is 0 Å². The van der Waals surface area contributed by atoms with Crippen LogP contribution in [0.3, 0.4) is 0 Å². The minimum Gasteiger partial charge on any atom is -0.481 e. The summed E-state index contributed by atoms with van der Waals surface area (Å²) in [5.74, 6) is -1.17. The van der Waals surface area contributed by atoms with Crippen LogP contribution in [0.2, 0.25) is 0 Å². The van der Waals surface area contributed by atoms with Crippen LogP contribution in [0.1, 0.15) is 31.2 Å². The Morgan fingerprint density at radius 1 is 1.14 bits per heavy atom. The van der Waals surface area contributed by atoms with E-state index in [0.29, 0.717) is 31.8 Å². The molecule has 0 radical (unpaired) electrons. The van der Waals surface area contributed by atoms with Crippen molar-refractivity contribution in [3.63, 3.8) is 0 Å². The van der Waals surface area contributed by atoms with Crippen molar-refractivity contribution in [3.05, 3.63) is 35.9 Å². The first-order valence-corrected chi connectivity index (χ1v) is 11.5. The molecule has 2 aliphatic heterocycles. The summed E-state index contributed by atoms with van der Waals surface area (Å²) < 4.78 is 28.5. The van der Waals surface area contributed by atoms with Crippen LogP contribution in [0.4, 0.5) is 0 Å². The Morgan fingerprint density at radius 3 is 2.46 bits per heavy atom. The molecule has 156 valence electrons. The average molecular weight is 410 g/mol. The average Bonchev–Trinajstić information content (AvgIpc) is 2.70. The summed E-state index contributed by atoms with van der Waals surface area (Å²) in [6.45, 7) is 3.86. The van der Waals surface area contributed by atoms with Gasteiger partial charge in [0.05, 0.1) is 5.92 Å². The van der Waals surface area contributed by atoms with Crippen LogP contribution in [0, 0.1) is 11.8 Å². The van der Waals surface area contributed by atoms with E-state index in [1.54, 1.807) is 7.05 Å². The Kier molecular flexibility index (Phi) is 7.09. The quantitative estimate of drug-likeness (QED) is 0.744. The zero-order chi connectivity index (χ0) is 20.1. The maximum absolute atomic E-state index is 12.9. The number of hydrogen-bond acceptors (Lipinski definition) is 4. The van der Waals surface area contributed by atoms with Gasteiger partial charge < -0.3 is 5.11 Å². The lowest BCUT2D eigenvalue weighted by Crippen LogP contribution is -2.49. The predicted octanol–water partition coefficient (Wildman–Crippen LogP) is 1.87. The zero-order valence-corrected chi connectivity index (χ0v) is 17.4. The molecule has 0 aliphatic carbocycles. The van der Waals surface area contributed by atoms with Gasteiger partial charge in [-0.15, -0.1) is 0 Å². The van der Waals surface area contributed by atoms with Crippen LogP contribution >= 0.6 is 0 Å². The third-order valence-corrected chi connectivity index (χ3v) is 7.85. The van der Waals surface area contributed by atoms with Crippen molar-refractivity contribution in [1.29, 1.82) is 0 Å². The molecule has 1 unspecified atom stereocenters. The minimum atomic E-state index is -3.60. The van der Waals surface area contributed by atoms with Crippen molar-refractivity contribution >= 4 is 16.2 Å². The van der Waals surface area contributed by atoms with E-state index in [1.807, 2.05) is 6.07 Å². The SMILES string of the molecule is CN(CC1CCN(Cc2ccccc2)CC1)S(=O)(=O)N1CCCC(C(=O)O)C1. The molecule has 2 heterocycles. The monoisotopic (exact) mass is 409 g/mol. The number of aliphatic carboxylic acids is 1. The molecular weight excluding hydrogens is 378 g/mol. The number of benzene rings is 1. The minimum absolute atomic E-state index is 0.0809. The van der Waals surface area contributed by atoms with Gasteiger partial charge >= 0.3 is 5.97 Å². The maximum Gasteiger partial charge on any atom is 0.307 e. The lowest BCUT2D eigenvalue weighted by molar-refractivity contribution is -0.142. The fraction of sp³-hybridized carbons (Fsp3) is 0.650. The number of carboxylic acids is 1. The van der Waals surface area contributed by atoms with E-state index in [-0.39, 0.29) is 6.54 Å². The Balaban J connectivity index is 1.49. The molecule has 1 N–H and O–H groups in total. The van der Waals surface area contributed by atoms with Gasteiger partial charge in [0.2, 0.25) is 0 Å². The number of rotatable bonds is 7. The second-order valence-corrected chi connectivity index (χ2v) is 10.1. The van der Waals surface area contributed by atoms with E-state index in [0.717, 1.165) is 32.5 Å². The first-order chi connectivity index (χ1) is 13.4. The van der Waals surface area contributed by atoms with Gasteiger partial charge in [0, 0.05) is 33.2 Å². The normalized spacial score (nSPS) is 23.1. The molecule has 1 atom stereocenters. The molecule has 2 aliphatic rings. The zero-order valence-electron chi connectivity index (χ0n) is 16.5. The Hall–Kier alpha value is -1.48. The highest BCUT2D eigenvalue weighted by atomic mass is 32.2. The van der Waals surface area contributed by atoms with Crippen LogP contribution in [0.5, 0.6) is 0 Å². The number of piperidine rings is 2. The molecule has 0 spiro atoms. The standard InChI is InChI=1S/C20H31N3O4S/c1-21(28(26,27)23-11-5-8-19(16-23)20(24)25)14-18-9-12-22(13-10-18)15-17-6-3-2-4-7-17/h2-4,6-7,18-19H,5,8-16H2,1H3,(H,24,25). The van der Waals surface area contributed by atoms with Gasteiger partial charge in [-0.3, -0.25) is 9.69 Å². The molecule has 0 aromatic heterocycles. The van der Waals surface area contributed by atoms with Crippen molar-refractivity contribution in [3.8, 4) is 0 Å². The molecule has 1 aromatic rings. The molecule has 0 amide bonds. The second-order valence-electron chi connectivity index (χ2n) is 8.03. The topological polar surface area (TPSA) is 81.2 Å². The van der Waals surface area contributed by atoms with Crippen LogP contribution in [-0.4, -0.2) is 72.8 Å².